The van der Waals surface area contributed by atoms with Crippen molar-refractivity contribution in [2.45, 2.75) is 0 Å². The van der Waals surface area contributed by atoms with E-state index >= 15 is 0 Å². The first-order chi connectivity index (χ1) is 3.38. The standard InChI is InChI=1S/C5H3N2/c6-2-4-1-5(4)3-7/h1,4-5H/q-1/t4-,5+. The lowest BCUT2D eigenvalue weighted by Crippen LogP contribution is -1.67. The second kappa shape index (κ2) is 1.24. The Morgan fingerprint density at radius 1 is 1.14 bits per heavy atom. The molecule has 1 aliphatic carbocycles. The molecule has 0 unspecified atom stereocenters. The summed E-state index contributed by atoms with van der Waals surface area (Å²) in [5.74, 6) is -0.130. The lowest BCUT2D eigenvalue weighted by Gasteiger charge is -1.73. The van der Waals surface area contributed by atoms with Crippen LogP contribution in [0.3, 0.4) is 0 Å². The lowest BCUT2D eigenvalue weighted by atomic mass is 10.4. The summed E-state index contributed by atoms with van der Waals surface area (Å²) in [7, 11) is 0. The molecule has 1 rings (SSSR count). The van der Waals surface area contributed by atoms with Gasteiger partial charge in [0.25, 0.3) is 0 Å². The van der Waals surface area contributed by atoms with Gasteiger partial charge >= 0.3 is 0 Å². The minimum absolute atomic E-state index is 0.0648. The quantitative estimate of drug-likeness (QED) is 0.407. The second-order valence-corrected chi connectivity index (χ2v) is 1.50. The average Bonchev–Trinajstić information content (AvgIpc) is 2.43. The van der Waals surface area contributed by atoms with Crippen LogP contribution in [0.4, 0.5) is 0 Å². The van der Waals surface area contributed by atoms with E-state index in [1.165, 1.54) is 0 Å². The van der Waals surface area contributed by atoms with Gasteiger partial charge in [-0.05, 0) is 0 Å². The van der Waals surface area contributed by atoms with Crippen LogP contribution in [-0.2, 0) is 0 Å². The second-order valence-electron chi connectivity index (χ2n) is 1.50. The zero-order valence-electron chi connectivity index (χ0n) is 3.63. The molecule has 2 atom stereocenters. The zero-order valence-corrected chi connectivity index (χ0v) is 3.63. The van der Waals surface area contributed by atoms with Gasteiger partial charge in [-0.15, -0.1) is 0 Å². The highest BCUT2D eigenvalue weighted by molar-refractivity contribution is 5.24. The van der Waals surface area contributed by atoms with E-state index in [4.69, 9.17) is 10.5 Å². The van der Waals surface area contributed by atoms with Gasteiger partial charge in [-0.1, -0.05) is 11.8 Å². The molecule has 7 heavy (non-hydrogen) atoms. The Bertz CT molecular complexity index is 130. The SMILES string of the molecule is N#C[C@@H]1[CH-][C@@H]1C#N. The van der Waals surface area contributed by atoms with Crippen LogP contribution >= 0.6 is 0 Å². The molecule has 0 aliphatic heterocycles. The minimum atomic E-state index is -0.0648. The predicted octanol–water partition coefficient (Wildman–Crippen LogP) is 0.484. The third-order valence-electron chi connectivity index (χ3n) is 0.959. The van der Waals surface area contributed by atoms with Gasteiger partial charge in [0.15, 0.2) is 0 Å². The molecule has 0 spiro atoms. The van der Waals surface area contributed by atoms with Crippen molar-refractivity contribution in [3.8, 4) is 12.1 Å². The highest BCUT2D eigenvalue weighted by Gasteiger charge is 2.21. The third kappa shape index (κ3) is 0.548. The van der Waals surface area contributed by atoms with Gasteiger partial charge < -0.3 is 0 Å². The van der Waals surface area contributed by atoms with E-state index in [0.717, 1.165) is 0 Å². The van der Waals surface area contributed by atoms with E-state index in [1.807, 2.05) is 12.1 Å². The molecule has 0 N–H and O–H groups in total. The van der Waals surface area contributed by atoms with E-state index < -0.39 is 0 Å². The fourth-order valence-corrected chi connectivity index (χ4v) is 0.406. The van der Waals surface area contributed by atoms with Gasteiger partial charge in [0.2, 0.25) is 0 Å². The summed E-state index contributed by atoms with van der Waals surface area (Å²) < 4.78 is 0. The highest BCUT2D eigenvalue weighted by atomic mass is 14.4. The molecule has 34 valence electrons. The topological polar surface area (TPSA) is 47.6 Å². The van der Waals surface area contributed by atoms with E-state index in [0.29, 0.717) is 0 Å². The molecule has 0 bridgehead atoms. The van der Waals surface area contributed by atoms with Gasteiger partial charge in [0.1, 0.15) is 0 Å². The normalized spacial score (nSPS) is 35.7. The van der Waals surface area contributed by atoms with Crippen molar-refractivity contribution in [1.82, 2.24) is 0 Å². The molecule has 0 amide bonds. The monoisotopic (exact) mass is 91.0 g/mol. The van der Waals surface area contributed by atoms with Crippen LogP contribution in [-0.4, -0.2) is 0 Å². The molecule has 0 aromatic carbocycles. The number of nitriles is 2. The van der Waals surface area contributed by atoms with E-state index in [1.54, 1.807) is 6.42 Å². The van der Waals surface area contributed by atoms with Gasteiger partial charge in [-0.2, -0.15) is 0 Å². The van der Waals surface area contributed by atoms with Crippen molar-refractivity contribution in [2.75, 3.05) is 0 Å². The van der Waals surface area contributed by atoms with Gasteiger partial charge in [0.05, 0.1) is 0 Å². The molecule has 0 aromatic rings. The smallest absolute Gasteiger partial charge is 0.0314 e. The fraction of sp³-hybridized carbons (Fsp3) is 0.400. The van der Waals surface area contributed by atoms with Crippen LogP contribution in [0, 0.1) is 40.9 Å². The molecular weight excluding hydrogens is 88.1 g/mol. The first kappa shape index (κ1) is 4.15. The van der Waals surface area contributed by atoms with Gasteiger partial charge in [0, 0.05) is 12.1 Å². The summed E-state index contributed by atoms with van der Waals surface area (Å²) in [6, 6.07) is 3.92. The van der Waals surface area contributed by atoms with Gasteiger partial charge in [-0.25, -0.2) is 10.5 Å². The first-order valence-corrected chi connectivity index (χ1v) is 2.02. The maximum atomic E-state index is 8.08. The van der Waals surface area contributed by atoms with Crippen molar-refractivity contribution in [3.05, 3.63) is 6.42 Å². The molecule has 0 radical (unpaired) electrons. The number of rotatable bonds is 0. The Balaban J connectivity index is 2.39. The zero-order chi connectivity index (χ0) is 5.28. The first-order valence-electron chi connectivity index (χ1n) is 2.02. The summed E-state index contributed by atoms with van der Waals surface area (Å²) in [6.07, 6.45) is 1.72. The molecule has 1 saturated carbocycles. The van der Waals surface area contributed by atoms with E-state index in [9.17, 15) is 0 Å². The van der Waals surface area contributed by atoms with Crippen LogP contribution in [0.1, 0.15) is 0 Å². The van der Waals surface area contributed by atoms with Crippen molar-refractivity contribution >= 4 is 0 Å². The van der Waals surface area contributed by atoms with Crippen molar-refractivity contribution in [3.63, 3.8) is 0 Å². The number of nitrogens with zero attached hydrogens (tertiary/aromatic N) is 2. The molecule has 1 aliphatic rings. The van der Waals surface area contributed by atoms with Crippen molar-refractivity contribution < 1.29 is 0 Å². The Hall–Kier alpha value is -1.02. The van der Waals surface area contributed by atoms with Crippen molar-refractivity contribution in [2.24, 2.45) is 11.8 Å². The summed E-state index contributed by atoms with van der Waals surface area (Å²) >= 11 is 0. The summed E-state index contributed by atoms with van der Waals surface area (Å²) in [4.78, 5) is 0. The van der Waals surface area contributed by atoms with Gasteiger partial charge in [-0.3, -0.25) is 6.42 Å². The fourth-order valence-electron chi connectivity index (χ4n) is 0.406. The summed E-state index contributed by atoms with van der Waals surface area (Å²) in [5, 5.41) is 16.2. The van der Waals surface area contributed by atoms with Crippen LogP contribution < -0.4 is 0 Å². The van der Waals surface area contributed by atoms with Crippen molar-refractivity contribution in [1.29, 1.82) is 10.5 Å². The number of hydrogen-bond acceptors (Lipinski definition) is 2. The average molecular weight is 91.1 g/mol. The van der Waals surface area contributed by atoms with Crippen LogP contribution in [0.5, 0.6) is 0 Å². The summed E-state index contributed by atoms with van der Waals surface area (Å²) in [5.41, 5.74) is 0. The molecule has 0 aromatic heterocycles. The summed E-state index contributed by atoms with van der Waals surface area (Å²) in [6.45, 7) is 0. The predicted molar refractivity (Wildman–Crippen MR) is 22.5 cm³/mol. The Kier molecular flexibility index (Phi) is 0.734. The lowest BCUT2D eigenvalue weighted by molar-refractivity contribution is 1.02. The van der Waals surface area contributed by atoms with Crippen LogP contribution in [0.2, 0.25) is 0 Å². The van der Waals surface area contributed by atoms with E-state index in [-0.39, 0.29) is 11.8 Å². The third-order valence-corrected chi connectivity index (χ3v) is 0.959. The molecule has 2 heteroatoms. The molecule has 1 fully saturated rings. The molecule has 2 nitrogen and oxygen atoms in total. The Morgan fingerprint density at radius 3 is 1.71 bits per heavy atom. The number of hydrogen-bond donors (Lipinski definition) is 0. The maximum Gasteiger partial charge on any atom is 0.0314 e. The molecule has 0 saturated heterocycles. The molecule has 0 heterocycles. The highest BCUT2D eigenvalue weighted by Crippen LogP contribution is 2.34. The molecular formula is C5H3N2-. The van der Waals surface area contributed by atoms with E-state index in [2.05, 4.69) is 0 Å². The Labute approximate surface area is 42.0 Å². The Morgan fingerprint density at radius 2 is 1.57 bits per heavy atom. The maximum absolute atomic E-state index is 8.08. The minimum Gasteiger partial charge on any atom is -0.298 e. The largest absolute Gasteiger partial charge is 0.298 e. The van der Waals surface area contributed by atoms with Crippen LogP contribution in [0.25, 0.3) is 0 Å². The van der Waals surface area contributed by atoms with Crippen LogP contribution in [0.15, 0.2) is 0 Å².